The average molecular weight is 388 g/mol. The Balaban J connectivity index is 1.80. The predicted molar refractivity (Wildman–Crippen MR) is 104 cm³/mol. The normalized spacial score (nSPS) is 16.9. The molecule has 1 aliphatic rings. The molecule has 2 aromatic rings. The first-order chi connectivity index (χ1) is 12.5. The molecule has 9 heteroatoms. The summed E-state index contributed by atoms with van der Waals surface area (Å²) < 4.78 is 4.99. The SMILES string of the molecule is CCOC(=O)c1sc(N=C2NC(=O)/C(=C/c3cccc(N)c3)S2)nc1C. The lowest BCUT2D eigenvalue weighted by Gasteiger charge is -1.97. The Morgan fingerprint density at radius 1 is 1.46 bits per heavy atom. The molecule has 134 valence electrons. The van der Waals surface area contributed by atoms with Crippen LogP contribution in [-0.2, 0) is 9.53 Å². The molecule has 26 heavy (non-hydrogen) atoms. The monoisotopic (exact) mass is 388 g/mol. The number of amides is 1. The molecule has 3 N–H and O–H groups in total. The minimum atomic E-state index is -0.417. The number of thiazole rings is 1. The summed E-state index contributed by atoms with van der Waals surface area (Å²) in [5, 5.41) is 3.49. The number of hydrogen-bond acceptors (Lipinski definition) is 8. The molecule has 1 aromatic carbocycles. The van der Waals surface area contributed by atoms with Crippen molar-refractivity contribution in [1.82, 2.24) is 10.3 Å². The number of esters is 1. The third-order valence-electron chi connectivity index (χ3n) is 3.30. The van der Waals surface area contributed by atoms with Crippen molar-refractivity contribution in [3.63, 3.8) is 0 Å². The number of nitrogen functional groups attached to an aromatic ring is 1. The van der Waals surface area contributed by atoms with E-state index in [4.69, 9.17) is 10.5 Å². The lowest BCUT2D eigenvalue weighted by molar-refractivity contribution is -0.115. The van der Waals surface area contributed by atoms with E-state index in [1.54, 1.807) is 32.1 Å². The number of ether oxygens (including phenoxy) is 1. The summed E-state index contributed by atoms with van der Waals surface area (Å²) in [5.41, 5.74) is 7.77. The van der Waals surface area contributed by atoms with Gasteiger partial charge in [0.2, 0.25) is 5.13 Å². The molecule has 7 nitrogen and oxygen atoms in total. The smallest absolute Gasteiger partial charge is 0.350 e. The molecule has 3 rings (SSSR count). The predicted octanol–water partition coefficient (Wildman–Crippen LogP) is 3.10. The Kier molecular flexibility index (Phi) is 5.38. The van der Waals surface area contributed by atoms with Crippen LogP contribution in [0.15, 0.2) is 34.2 Å². The van der Waals surface area contributed by atoms with Gasteiger partial charge in [-0.15, -0.1) is 0 Å². The van der Waals surface area contributed by atoms with Gasteiger partial charge >= 0.3 is 5.97 Å². The molecule has 0 saturated carbocycles. The Hall–Kier alpha value is -2.65. The van der Waals surface area contributed by atoms with Crippen LogP contribution in [0.3, 0.4) is 0 Å². The zero-order valence-electron chi connectivity index (χ0n) is 14.1. The fourth-order valence-electron chi connectivity index (χ4n) is 2.18. The second-order valence-corrected chi connectivity index (χ2v) is 7.29. The van der Waals surface area contributed by atoms with Crippen LogP contribution in [-0.4, -0.2) is 28.6 Å². The molecular weight excluding hydrogens is 372 g/mol. The van der Waals surface area contributed by atoms with Crippen molar-refractivity contribution < 1.29 is 14.3 Å². The largest absolute Gasteiger partial charge is 0.462 e. The number of hydrogen-bond donors (Lipinski definition) is 2. The maximum absolute atomic E-state index is 12.1. The first kappa shape index (κ1) is 18.2. The highest BCUT2D eigenvalue weighted by molar-refractivity contribution is 8.18. The van der Waals surface area contributed by atoms with Crippen molar-refractivity contribution in [1.29, 1.82) is 0 Å². The molecule has 0 spiro atoms. The quantitative estimate of drug-likeness (QED) is 0.473. The van der Waals surface area contributed by atoms with Crippen LogP contribution in [0.5, 0.6) is 0 Å². The van der Waals surface area contributed by atoms with Crippen LogP contribution in [0.1, 0.15) is 27.9 Å². The fourth-order valence-corrected chi connectivity index (χ4v) is 3.90. The number of benzene rings is 1. The van der Waals surface area contributed by atoms with E-state index < -0.39 is 5.97 Å². The summed E-state index contributed by atoms with van der Waals surface area (Å²) in [6.07, 6.45) is 1.75. The second kappa shape index (κ2) is 7.71. The molecule has 1 saturated heterocycles. The number of anilines is 1. The highest BCUT2D eigenvalue weighted by Crippen LogP contribution is 2.31. The zero-order valence-corrected chi connectivity index (χ0v) is 15.7. The number of nitrogens with two attached hydrogens (primary N) is 1. The molecule has 1 amide bonds. The van der Waals surface area contributed by atoms with Crippen LogP contribution >= 0.6 is 23.1 Å². The Bertz CT molecular complexity index is 934. The van der Waals surface area contributed by atoms with Gasteiger partial charge in [0, 0.05) is 5.69 Å². The van der Waals surface area contributed by atoms with Crippen LogP contribution < -0.4 is 11.1 Å². The lowest BCUT2D eigenvalue weighted by atomic mass is 10.2. The van der Waals surface area contributed by atoms with E-state index in [1.165, 1.54) is 11.8 Å². The van der Waals surface area contributed by atoms with Gasteiger partial charge in [0.05, 0.1) is 17.2 Å². The van der Waals surface area contributed by atoms with Gasteiger partial charge in [-0.05, 0) is 49.4 Å². The van der Waals surface area contributed by atoms with E-state index in [9.17, 15) is 9.59 Å². The molecule has 1 fully saturated rings. The number of rotatable bonds is 4. The fraction of sp³-hybridized carbons (Fsp3) is 0.176. The number of nitrogens with one attached hydrogen (secondary N) is 1. The third kappa shape index (κ3) is 4.12. The first-order valence-corrected chi connectivity index (χ1v) is 9.39. The number of aliphatic imine (C=N–C) groups is 1. The van der Waals surface area contributed by atoms with E-state index in [0.717, 1.165) is 16.9 Å². The minimum Gasteiger partial charge on any atom is -0.462 e. The average Bonchev–Trinajstić information content (AvgIpc) is 3.10. The van der Waals surface area contributed by atoms with Crippen molar-refractivity contribution in [2.75, 3.05) is 12.3 Å². The molecule has 1 aliphatic heterocycles. The van der Waals surface area contributed by atoms with Crippen LogP contribution in [0.25, 0.3) is 6.08 Å². The summed E-state index contributed by atoms with van der Waals surface area (Å²) in [5.74, 6) is -0.658. The van der Waals surface area contributed by atoms with E-state index >= 15 is 0 Å². The Morgan fingerprint density at radius 2 is 2.27 bits per heavy atom. The zero-order chi connectivity index (χ0) is 18.7. The number of thioether (sulfide) groups is 1. The van der Waals surface area contributed by atoms with Gasteiger partial charge in [-0.3, -0.25) is 4.79 Å². The van der Waals surface area contributed by atoms with Crippen LogP contribution in [0.2, 0.25) is 0 Å². The molecule has 0 bridgehead atoms. The first-order valence-electron chi connectivity index (χ1n) is 7.76. The van der Waals surface area contributed by atoms with Crippen LogP contribution in [0.4, 0.5) is 10.8 Å². The van der Waals surface area contributed by atoms with Gasteiger partial charge in [-0.2, -0.15) is 4.99 Å². The third-order valence-corrected chi connectivity index (χ3v) is 5.24. The Morgan fingerprint density at radius 3 is 3.00 bits per heavy atom. The molecule has 2 heterocycles. The van der Waals surface area contributed by atoms with Crippen molar-refractivity contribution in [3.8, 4) is 0 Å². The number of carbonyl (C=O) groups is 2. The summed E-state index contributed by atoms with van der Waals surface area (Å²) >= 11 is 2.34. The van der Waals surface area contributed by atoms with Crippen LogP contribution in [0, 0.1) is 6.92 Å². The van der Waals surface area contributed by atoms with E-state index in [-0.39, 0.29) is 5.91 Å². The maximum atomic E-state index is 12.1. The van der Waals surface area contributed by atoms with E-state index in [1.807, 2.05) is 12.1 Å². The molecular formula is C17H16N4O3S2. The number of carbonyl (C=O) groups excluding carboxylic acids is 2. The standard InChI is InChI=1S/C17H16N4O3S2/c1-3-24-15(23)13-9(2)19-16(26-13)21-17-20-14(22)12(25-17)8-10-5-4-6-11(18)7-10/h4-8H,3,18H2,1-2H3,(H,19,20,21,22)/b12-8-. The topological polar surface area (TPSA) is 107 Å². The van der Waals surface area contributed by atoms with Gasteiger partial charge in [-0.25, -0.2) is 9.78 Å². The van der Waals surface area contributed by atoms with Crippen molar-refractivity contribution >= 4 is 57.0 Å². The maximum Gasteiger partial charge on any atom is 0.350 e. The van der Waals surface area contributed by atoms with Gasteiger partial charge < -0.3 is 15.8 Å². The van der Waals surface area contributed by atoms with Gasteiger partial charge in [0.25, 0.3) is 5.91 Å². The van der Waals surface area contributed by atoms with Crippen molar-refractivity contribution in [2.45, 2.75) is 13.8 Å². The molecule has 0 radical (unpaired) electrons. The van der Waals surface area contributed by atoms with Gasteiger partial charge in [-0.1, -0.05) is 23.5 Å². The Labute approximate surface area is 158 Å². The van der Waals surface area contributed by atoms with Gasteiger partial charge in [0.15, 0.2) is 5.17 Å². The summed E-state index contributed by atoms with van der Waals surface area (Å²) in [4.78, 5) is 33.5. The molecule has 0 atom stereocenters. The van der Waals surface area contributed by atoms with Gasteiger partial charge in [0.1, 0.15) is 4.88 Å². The van der Waals surface area contributed by atoms with E-state index in [0.29, 0.717) is 38.1 Å². The summed E-state index contributed by atoms with van der Waals surface area (Å²) in [7, 11) is 0. The van der Waals surface area contributed by atoms with Crippen molar-refractivity contribution in [2.24, 2.45) is 4.99 Å². The summed E-state index contributed by atoms with van der Waals surface area (Å²) in [6, 6.07) is 7.25. The number of aryl methyl sites for hydroxylation is 1. The minimum absolute atomic E-state index is 0.241. The number of amidine groups is 1. The molecule has 0 aliphatic carbocycles. The highest BCUT2D eigenvalue weighted by atomic mass is 32.2. The number of aromatic nitrogens is 1. The van der Waals surface area contributed by atoms with Crippen molar-refractivity contribution in [3.05, 3.63) is 45.3 Å². The van der Waals surface area contributed by atoms with E-state index in [2.05, 4.69) is 15.3 Å². The number of nitrogens with zero attached hydrogens (tertiary/aromatic N) is 2. The molecule has 0 unspecified atom stereocenters. The lowest BCUT2D eigenvalue weighted by Crippen LogP contribution is -2.19. The summed E-state index contributed by atoms with van der Waals surface area (Å²) in [6.45, 7) is 3.76. The highest BCUT2D eigenvalue weighted by Gasteiger charge is 2.25. The second-order valence-electron chi connectivity index (χ2n) is 5.28. The molecule has 1 aromatic heterocycles.